The third-order valence-electron chi connectivity index (χ3n) is 3.82. The number of H-pyrrole nitrogens is 1. The second kappa shape index (κ2) is 5.64. The topological polar surface area (TPSA) is 46.8 Å². The summed E-state index contributed by atoms with van der Waals surface area (Å²) in [7, 11) is 0. The van der Waals surface area contributed by atoms with Crippen molar-refractivity contribution in [3.05, 3.63) is 64.6 Å². The van der Waals surface area contributed by atoms with Crippen molar-refractivity contribution in [3.63, 3.8) is 0 Å². The quantitative estimate of drug-likeness (QED) is 0.786. The van der Waals surface area contributed by atoms with Crippen molar-refractivity contribution in [1.29, 1.82) is 0 Å². The van der Waals surface area contributed by atoms with Gasteiger partial charge in [-0.3, -0.25) is 4.68 Å². The largest absolute Gasteiger partial charge is 0.455 e. The zero-order chi connectivity index (χ0) is 16.6. The molecule has 23 heavy (non-hydrogen) atoms. The number of furan rings is 1. The van der Waals surface area contributed by atoms with Gasteiger partial charge in [0.05, 0.1) is 12.2 Å². The van der Waals surface area contributed by atoms with Gasteiger partial charge in [0, 0.05) is 30.1 Å². The number of nitrogens with zero attached hydrogens (tertiary/aromatic N) is 2. The summed E-state index contributed by atoms with van der Waals surface area (Å²) in [5, 5.41) is 4.42. The number of aryl methyl sites for hydroxylation is 1. The Balaban J connectivity index is 1.82. The number of hydrogen-bond donors (Lipinski definition) is 1. The molecule has 0 unspecified atom stereocenters. The fourth-order valence-electron chi connectivity index (χ4n) is 2.58. The van der Waals surface area contributed by atoms with E-state index in [9.17, 15) is 13.2 Å². The van der Waals surface area contributed by atoms with Crippen LogP contribution in [0.2, 0.25) is 0 Å². The maximum Gasteiger partial charge on any atom is 0.449 e. The summed E-state index contributed by atoms with van der Waals surface area (Å²) in [6.45, 7) is 3.99. The third-order valence-corrected chi connectivity index (χ3v) is 3.82. The molecule has 3 rings (SSSR count). The number of alkyl halides is 3. The zero-order valence-electron chi connectivity index (χ0n) is 12.7. The summed E-state index contributed by atoms with van der Waals surface area (Å²) in [5.41, 5.74) is 4.00. The molecule has 0 bridgehead atoms. The lowest BCUT2D eigenvalue weighted by Crippen LogP contribution is -2.05. The molecule has 0 aliphatic carbocycles. The van der Waals surface area contributed by atoms with Crippen molar-refractivity contribution >= 4 is 0 Å². The van der Waals surface area contributed by atoms with Gasteiger partial charge in [-0.25, -0.2) is 0 Å². The van der Waals surface area contributed by atoms with Crippen LogP contribution in [0.3, 0.4) is 0 Å². The molecular formula is C16H16F3N3O. The molecule has 0 amide bonds. The predicted molar refractivity (Wildman–Crippen MR) is 78.1 cm³/mol. The molecule has 3 heterocycles. The Hall–Kier alpha value is -2.44. The van der Waals surface area contributed by atoms with E-state index in [1.807, 2.05) is 32.3 Å². The van der Waals surface area contributed by atoms with Crippen molar-refractivity contribution in [2.75, 3.05) is 0 Å². The third kappa shape index (κ3) is 3.18. The first-order valence-corrected chi connectivity index (χ1v) is 7.15. The lowest BCUT2D eigenvalue weighted by atomic mass is 10.1. The molecule has 0 spiro atoms. The van der Waals surface area contributed by atoms with Crippen LogP contribution in [0.1, 0.15) is 34.0 Å². The van der Waals surface area contributed by atoms with Crippen LogP contribution < -0.4 is 0 Å². The van der Waals surface area contributed by atoms with E-state index in [0.717, 1.165) is 35.0 Å². The zero-order valence-corrected chi connectivity index (χ0v) is 12.7. The Labute approximate surface area is 130 Å². The highest BCUT2D eigenvalue weighted by molar-refractivity contribution is 5.31. The minimum absolute atomic E-state index is 0.176. The second-order valence-electron chi connectivity index (χ2n) is 5.47. The van der Waals surface area contributed by atoms with Gasteiger partial charge in [-0.15, -0.1) is 0 Å². The molecule has 0 fully saturated rings. The maximum atomic E-state index is 12.6. The Kier molecular flexibility index (Phi) is 3.79. The number of nitrogens with one attached hydrogen (secondary N) is 1. The van der Waals surface area contributed by atoms with Gasteiger partial charge in [-0.2, -0.15) is 18.3 Å². The van der Waals surface area contributed by atoms with E-state index < -0.39 is 11.9 Å². The standard InChI is InChI=1S/C16H16F3N3O/c1-10-14(7-12-5-6-20-8-12)11(2)22(21-10)9-13-3-4-15(23-13)16(17,18)19/h3-6,8,20H,7,9H2,1-2H3. The van der Waals surface area contributed by atoms with E-state index in [-0.39, 0.29) is 12.3 Å². The molecule has 3 aromatic rings. The highest BCUT2D eigenvalue weighted by Crippen LogP contribution is 2.31. The molecule has 0 atom stereocenters. The Morgan fingerprint density at radius 2 is 2.00 bits per heavy atom. The smallest absolute Gasteiger partial charge is 0.449 e. The van der Waals surface area contributed by atoms with Crippen LogP contribution in [0, 0.1) is 13.8 Å². The number of hydrogen-bond acceptors (Lipinski definition) is 2. The predicted octanol–water partition coefficient (Wildman–Crippen LogP) is 4.08. The first kappa shape index (κ1) is 15.5. The molecule has 122 valence electrons. The van der Waals surface area contributed by atoms with Gasteiger partial charge in [-0.1, -0.05) is 0 Å². The Bertz CT molecular complexity index is 797. The molecule has 0 aliphatic rings. The van der Waals surface area contributed by atoms with Crippen LogP contribution in [-0.4, -0.2) is 14.8 Å². The molecule has 0 aliphatic heterocycles. The van der Waals surface area contributed by atoms with Crippen molar-refractivity contribution in [3.8, 4) is 0 Å². The first-order chi connectivity index (χ1) is 10.8. The van der Waals surface area contributed by atoms with Crippen LogP contribution in [0.15, 0.2) is 35.0 Å². The number of aromatic nitrogens is 3. The maximum absolute atomic E-state index is 12.6. The Morgan fingerprint density at radius 1 is 1.22 bits per heavy atom. The van der Waals surface area contributed by atoms with Crippen molar-refractivity contribution in [2.45, 2.75) is 33.0 Å². The van der Waals surface area contributed by atoms with Gasteiger partial charge in [0.2, 0.25) is 5.76 Å². The average molecular weight is 323 g/mol. The molecule has 7 heteroatoms. The van der Waals surface area contributed by atoms with E-state index in [0.29, 0.717) is 0 Å². The lowest BCUT2D eigenvalue weighted by Gasteiger charge is -2.04. The molecule has 0 saturated heterocycles. The summed E-state index contributed by atoms with van der Waals surface area (Å²) in [6, 6.07) is 4.27. The number of rotatable bonds is 4. The minimum Gasteiger partial charge on any atom is -0.455 e. The van der Waals surface area contributed by atoms with Crippen LogP contribution >= 0.6 is 0 Å². The monoisotopic (exact) mass is 323 g/mol. The van der Waals surface area contributed by atoms with Crippen LogP contribution in [0.25, 0.3) is 0 Å². The molecule has 1 N–H and O–H groups in total. The van der Waals surface area contributed by atoms with Crippen molar-refractivity contribution in [1.82, 2.24) is 14.8 Å². The van der Waals surface area contributed by atoms with Gasteiger partial charge in [0.15, 0.2) is 0 Å². The SMILES string of the molecule is Cc1nn(Cc2ccc(C(F)(F)F)o2)c(C)c1Cc1cc[nH]c1. The van der Waals surface area contributed by atoms with E-state index >= 15 is 0 Å². The number of halogens is 3. The van der Waals surface area contributed by atoms with E-state index in [4.69, 9.17) is 4.42 Å². The molecule has 0 radical (unpaired) electrons. The normalized spacial score (nSPS) is 12.0. The van der Waals surface area contributed by atoms with Gasteiger partial charge >= 0.3 is 6.18 Å². The summed E-state index contributed by atoms with van der Waals surface area (Å²) in [5.74, 6) is -0.752. The molecule has 0 aromatic carbocycles. The van der Waals surface area contributed by atoms with Crippen LogP contribution in [0.4, 0.5) is 13.2 Å². The lowest BCUT2D eigenvalue weighted by molar-refractivity contribution is -0.153. The average Bonchev–Trinajstić information content (AvgIpc) is 3.17. The van der Waals surface area contributed by atoms with E-state index in [1.54, 1.807) is 4.68 Å². The summed E-state index contributed by atoms with van der Waals surface area (Å²) in [6.07, 6.45) is 0.0319. The summed E-state index contributed by atoms with van der Waals surface area (Å²) >= 11 is 0. The van der Waals surface area contributed by atoms with Gasteiger partial charge < -0.3 is 9.40 Å². The highest BCUT2D eigenvalue weighted by atomic mass is 19.4. The first-order valence-electron chi connectivity index (χ1n) is 7.15. The van der Waals surface area contributed by atoms with Crippen molar-refractivity contribution < 1.29 is 17.6 Å². The van der Waals surface area contributed by atoms with E-state index in [1.165, 1.54) is 6.07 Å². The highest BCUT2D eigenvalue weighted by Gasteiger charge is 2.34. The Morgan fingerprint density at radius 3 is 2.61 bits per heavy atom. The van der Waals surface area contributed by atoms with Gasteiger partial charge in [0.1, 0.15) is 5.76 Å². The fourth-order valence-corrected chi connectivity index (χ4v) is 2.58. The summed E-state index contributed by atoms with van der Waals surface area (Å²) in [4.78, 5) is 3.00. The van der Waals surface area contributed by atoms with Crippen LogP contribution in [0.5, 0.6) is 0 Å². The fraction of sp³-hybridized carbons (Fsp3) is 0.312. The van der Waals surface area contributed by atoms with Gasteiger partial charge in [0.25, 0.3) is 0 Å². The minimum atomic E-state index is -4.47. The summed E-state index contributed by atoms with van der Waals surface area (Å²) < 4.78 is 44.3. The van der Waals surface area contributed by atoms with E-state index in [2.05, 4.69) is 10.1 Å². The molecule has 3 aromatic heterocycles. The molecular weight excluding hydrogens is 307 g/mol. The van der Waals surface area contributed by atoms with Gasteiger partial charge in [-0.05, 0) is 37.6 Å². The molecule has 0 saturated carbocycles. The number of aromatic amines is 1. The van der Waals surface area contributed by atoms with Crippen molar-refractivity contribution in [2.24, 2.45) is 0 Å². The van der Waals surface area contributed by atoms with Crippen LogP contribution in [-0.2, 0) is 19.1 Å². The second-order valence-corrected chi connectivity index (χ2v) is 5.47. The molecule has 4 nitrogen and oxygen atoms in total.